The highest BCUT2D eigenvalue weighted by Gasteiger charge is 2.20. The zero-order valence-corrected chi connectivity index (χ0v) is 18.1. The number of amides is 1. The highest BCUT2D eigenvalue weighted by Crippen LogP contribution is 2.26. The van der Waals surface area contributed by atoms with E-state index in [1.54, 1.807) is 30.8 Å². The monoisotopic (exact) mass is 456 g/mol. The third-order valence-corrected chi connectivity index (χ3v) is 4.85. The number of thioether (sulfide) groups is 1. The van der Waals surface area contributed by atoms with Gasteiger partial charge in [0, 0.05) is 32.4 Å². The third-order valence-electron chi connectivity index (χ3n) is 4.23. The third kappa shape index (κ3) is 9.64. The molecule has 0 unspecified atom stereocenters. The van der Waals surface area contributed by atoms with Gasteiger partial charge in [-0.05, 0) is 37.9 Å². The molecule has 0 aromatic carbocycles. The van der Waals surface area contributed by atoms with Gasteiger partial charge in [-0.25, -0.2) is 4.99 Å². The number of hydrogen-bond donors (Lipinski definition) is 2. The van der Waals surface area contributed by atoms with Gasteiger partial charge < -0.3 is 15.5 Å². The second-order valence-corrected chi connectivity index (χ2v) is 7.13. The van der Waals surface area contributed by atoms with E-state index < -0.39 is 0 Å². The molecule has 7 heteroatoms. The van der Waals surface area contributed by atoms with Crippen LogP contribution in [0.25, 0.3) is 0 Å². The van der Waals surface area contributed by atoms with Crippen molar-refractivity contribution >= 4 is 47.6 Å². The SMILES string of the molecule is CCC1CCC(NC(=NCC(=O)N(C)C)NCCSC)CC1.I. The number of likely N-dealkylation sites (N-methyl/N-ethyl adjacent to an activating group) is 1. The summed E-state index contributed by atoms with van der Waals surface area (Å²) in [6.45, 7) is 3.35. The molecule has 0 saturated heterocycles. The lowest BCUT2D eigenvalue weighted by molar-refractivity contribution is -0.127. The Hall–Kier alpha value is -0.180. The Bertz CT molecular complexity index is 358. The van der Waals surface area contributed by atoms with E-state index in [4.69, 9.17) is 0 Å². The molecule has 1 saturated carbocycles. The molecule has 1 amide bonds. The van der Waals surface area contributed by atoms with Crippen molar-refractivity contribution in [3.8, 4) is 0 Å². The summed E-state index contributed by atoms with van der Waals surface area (Å²) < 4.78 is 0. The topological polar surface area (TPSA) is 56.7 Å². The molecular formula is C16H33IN4OS. The average molecular weight is 456 g/mol. The summed E-state index contributed by atoms with van der Waals surface area (Å²) >= 11 is 1.80. The molecular weight excluding hydrogens is 423 g/mol. The first-order valence-electron chi connectivity index (χ1n) is 8.30. The van der Waals surface area contributed by atoms with E-state index in [9.17, 15) is 4.79 Å². The van der Waals surface area contributed by atoms with E-state index >= 15 is 0 Å². The van der Waals surface area contributed by atoms with Gasteiger partial charge in [0.05, 0.1) is 0 Å². The summed E-state index contributed by atoms with van der Waals surface area (Å²) in [5.74, 6) is 2.73. The number of hydrogen-bond acceptors (Lipinski definition) is 3. The van der Waals surface area contributed by atoms with Crippen LogP contribution in [0.5, 0.6) is 0 Å². The summed E-state index contributed by atoms with van der Waals surface area (Å²) in [4.78, 5) is 17.7. The first-order chi connectivity index (χ1) is 10.6. The molecule has 0 spiro atoms. The summed E-state index contributed by atoms with van der Waals surface area (Å²) in [5.41, 5.74) is 0. The van der Waals surface area contributed by atoms with Gasteiger partial charge in [0.15, 0.2) is 5.96 Å². The predicted octanol–water partition coefficient (Wildman–Crippen LogP) is 2.56. The molecule has 0 aromatic heterocycles. The van der Waals surface area contributed by atoms with Crippen molar-refractivity contribution in [2.24, 2.45) is 10.9 Å². The summed E-state index contributed by atoms with van der Waals surface area (Å²) in [5, 5.41) is 6.85. The van der Waals surface area contributed by atoms with E-state index in [0.717, 1.165) is 24.2 Å². The van der Waals surface area contributed by atoms with Crippen LogP contribution in [-0.2, 0) is 4.79 Å². The lowest BCUT2D eigenvalue weighted by Gasteiger charge is -2.29. The van der Waals surface area contributed by atoms with Gasteiger partial charge in [0.1, 0.15) is 6.54 Å². The lowest BCUT2D eigenvalue weighted by Crippen LogP contribution is -2.46. The Morgan fingerprint density at radius 1 is 1.26 bits per heavy atom. The maximum absolute atomic E-state index is 11.7. The van der Waals surface area contributed by atoms with Gasteiger partial charge in [-0.15, -0.1) is 24.0 Å². The van der Waals surface area contributed by atoms with E-state index in [1.165, 1.54) is 32.1 Å². The first-order valence-corrected chi connectivity index (χ1v) is 9.70. The summed E-state index contributed by atoms with van der Waals surface area (Å²) in [6, 6.07) is 0.484. The number of carbonyl (C=O) groups is 1. The molecule has 0 atom stereocenters. The van der Waals surface area contributed by atoms with Gasteiger partial charge in [-0.3, -0.25) is 4.79 Å². The number of carbonyl (C=O) groups excluding carboxylic acids is 1. The fourth-order valence-corrected chi connectivity index (χ4v) is 2.93. The Morgan fingerprint density at radius 3 is 2.43 bits per heavy atom. The highest BCUT2D eigenvalue weighted by atomic mass is 127. The van der Waals surface area contributed by atoms with Crippen LogP contribution in [0.15, 0.2) is 4.99 Å². The molecule has 23 heavy (non-hydrogen) atoms. The van der Waals surface area contributed by atoms with Crippen molar-refractivity contribution in [3.63, 3.8) is 0 Å². The molecule has 0 aliphatic heterocycles. The summed E-state index contributed by atoms with van der Waals surface area (Å²) in [6.07, 6.45) is 8.36. The van der Waals surface area contributed by atoms with E-state index in [1.807, 2.05) is 0 Å². The predicted molar refractivity (Wildman–Crippen MR) is 112 cm³/mol. The number of rotatable bonds is 7. The van der Waals surface area contributed by atoms with Gasteiger partial charge in [-0.1, -0.05) is 13.3 Å². The van der Waals surface area contributed by atoms with Crippen LogP contribution in [0.3, 0.4) is 0 Å². The largest absolute Gasteiger partial charge is 0.356 e. The molecule has 0 bridgehead atoms. The van der Waals surface area contributed by atoms with Crippen molar-refractivity contribution in [1.82, 2.24) is 15.5 Å². The van der Waals surface area contributed by atoms with Crippen molar-refractivity contribution in [1.29, 1.82) is 0 Å². The van der Waals surface area contributed by atoms with Crippen LogP contribution in [0.1, 0.15) is 39.0 Å². The van der Waals surface area contributed by atoms with Gasteiger partial charge >= 0.3 is 0 Å². The minimum Gasteiger partial charge on any atom is -0.356 e. The average Bonchev–Trinajstić information content (AvgIpc) is 2.52. The quantitative estimate of drug-likeness (QED) is 0.268. The molecule has 0 heterocycles. The lowest BCUT2D eigenvalue weighted by atomic mass is 9.84. The molecule has 0 radical (unpaired) electrons. The van der Waals surface area contributed by atoms with E-state index in [-0.39, 0.29) is 36.4 Å². The second-order valence-electron chi connectivity index (χ2n) is 6.14. The molecule has 2 N–H and O–H groups in total. The highest BCUT2D eigenvalue weighted by molar-refractivity contribution is 14.0. The van der Waals surface area contributed by atoms with Crippen LogP contribution < -0.4 is 10.6 Å². The zero-order valence-electron chi connectivity index (χ0n) is 14.9. The van der Waals surface area contributed by atoms with Crippen molar-refractivity contribution < 1.29 is 4.79 Å². The fourth-order valence-electron chi connectivity index (χ4n) is 2.62. The zero-order chi connectivity index (χ0) is 16.4. The molecule has 0 aromatic rings. The molecule has 136 valence electrons. The van der Waals surface area contributed by atoms with Crippen molar-refractivity contribution in [2.45, 2.75) is 45.1 Å². The molecule has 1 fully saturated rings. The van der Waals surface area contributed by atoms with Gasteiger partial charge in [0.25, 0.3) is 0 Å². The number of nitrogens with zero attached hydrogens (tertiary/aromatic N) is 2. The minimum atomic E-state index is 0. The smallest absolute Gasteiger partial charge is 0.243 e. The Labute approximate surface area is 162 Å². The van der Waals surface area contributed by atoms with Crippen molar-refractivity contribution in [3.05, 3.63) is 0 Å². The Morgan fingerprint density at radius 2 is 1.91 bits per heavy atom. The van der Waals surface area contributed by atoms with Gasteiger partial charge in [-0.2, -0.15) is 11.8 Å². The standard InChI is InChI=1S/C16H32N4OS.HI/c1-5-13-6-8-14(9-7-13)19-16(17-10-11-22-4)18-12-15(21)20(2)3;/h13-14H,5-12H2,1-4H3,(H2,17,18,19);1H. The Balaban J connectivity index is 0.00000484. The maximum Gasteiger partial charge on any atom is 0.243 e. The Kier molecular flexibility index (Phi) is 13.0. The fraction of sp³-hybridized carbons (Fsp3) is 0.875. The second kappa shape index (κ2) is 13.1. The number of halogens is 1. The molecule has 5 nitrogen and oxygen atoms in total. The maximum atomic E-state index is 11.7. The summed E-state index contributed by atoms with van der Waals surface area (Å²) in [7, 11) is 3.52. The number of nitrogens with one attached hydrogen (secondary N) is 2. The number of guanidine groups is 1. The first kappa shape index (κ1) is 22.8. The van der Waals surface area contributed by atoms with Crippen LogP contribution >= 0.6 is 35.7 Å². The molecule has 1 rings (SSSR count). The van der Waals surface area contributed by atoms with Gasteiger partial charge in [0.2, 0.25) is 5.91 Å². The molecule has 1 aliphatic rings. The van der Waals surface area contributed by atoms with E-state index in [2.05, 4.69) is 28.8 Å². The molecule has 1 aliphatic carbocycles. The normalized spacial score (nSPS) is 21.3. The van der Waals surface area contributed by atoms with Crippen LogP contribution in [0.4, 0.5) is 0 Å². The van der Waals surface area contributed by atoms with Crippen LogP contribution in [0.2, 0.25) is 0 Å². The van der Waals surface area contributed by atoms with Crippen LogP contribution in [0, 0.1) is 5.92 Å². The van der Waals surface area contributed by atoms with Crippen LogP contribution in [-0.4, -0.2) is 62.0 Å². The number of aliphatic imine (C=N–C) groups is 1. The van der Waals surface area contributed by atoms with Crippen molar-refractivity contribution in [2.75, 3.05) is 39.2 Å². The minimum absolute atomic E-state index is 0. The van der Waals surface area contributed by atoms with E-state index in [0.29, 0.717) is 6.04 Å².